The molecule has 0 bridgehead atoms. The van der Waals surface area contributed by atoms with E-state index in [4.69, 9.17) is 10.8 Å². The monoisotopic (exact) mass is 433 g/mol. The van der Waals surface area contributed by atoms with Gasteiger partial charge < -0.3 is 15.4 Å². The van der Waals surface area contributed by atoms with Gasteiger partial charge in [0.2, 0.25) is 0 Å². The van der Waals surface area contributed by atoms with Crippen molar-refractivity contribution in [2.45, 2.75) is 10.1 Å². The second-order valence-corrected chi connectivity index (χ2v) is 8.00. The van der Waals surface area contributed by atoms with E-state index in [0.717, 1.165) is 34.1 Å². The lowest BCUT2D eigenvalue weighted by Gasteiger charge is -2.07. The van der Waals surface area contributed by atoms with Crippen LogP contribution in [0.3, 0.4) is 0 Å². The highest BCUT2D eigenvalue weighted by Crippen LogP contribution is 2.40. The molecule has 1 aromatic carbocycles. The topological polar surface area (TPSA) is 107 Å². The van der Waals surface area contributed by atoms with Crippen molar-refractivity contribution in [3.63, 3.8) is 0 Å². The first-order valence-corrected chi connectivity index (χ1v) is 9.87. The number of hydrogen-bond donors (Lipinski definition) is 2. The summed E-state index contributed by atoms with van der Waals surface area (Å²) in [6.07, 6.45) is 1.66. The third kappa shape index (κ3) is 3.37. The van der Waals surface area contributed by atoms with Crippen molar-refractivity contribution in [3.8, 4) is 10.7 Å². The quantitative estimate of drug-likeness (QED) is 0.465. The number of aromatic nitrogens is 4. The standard InChI is InChI=1S/C18H13F2N5O2S2/c1-25-16(15-13(21)9-3-2-4-22-17(9)28-15)23-24-18(25)29-14-10(19)5-8(6-11(14)20)12(27)7-26/h2-6,26H,7,21H2,1H3. The minimum Gasteiger partial charge on any atom is -0.397 e. The number of ketones is 1. The molecule has 0 aliphatic rings. The number of pyridine rings is 1. The first-order valence-electron chi connectivity index (χ1n) is 8.24. The lowest BCUT2D eigenvalue weighted by Crippen LogP contribution is -2.06. The summed E-state index contributed by atoms with van der Waals surface area (Å²) in [5.41, 5.74) is 6.49. The third-order valence-electron chi connectivity index (χ3n) is 4.20. The zero-order valence-electron chi connectivity index (χ0n) is 14.9. The molecule has 0 aliphatic carbocycles. The molecule has 148 valence electrons. The van der Waals surface area contributed by atoms with Crippen LogP contribution in [0, 0.1) is 11.6 Å². The summed E-state index contributed by atoms with van der Waals surface area (Å²) < 4.78 is 30.3. The van der Waals surface area contributed by atoms with Crippen molar-refractivity contribution in [2.24, 2.45) is 7.05 Å². The maximum absolute atomic E-state index is 14.4. The number of Topliss-reactive ketones (excluding diaryl/α,β-unsaturated/α-hetero) is 1. The van der Waals surface area contributed by atoms with Crippen LogP contribution in [-0.2, 0) is 7.05 Å². The Bertz CT molecular complexity index is 1230. The SMILES string of the molecule is Cn1c(Sc2c(F)cc(C(=O)CO)cc2F)nnc1-c1sc2ncccc2c1N. The summed E-state index contributed by atoms with van der Waals surface area (Å²) in [7, 11) is 1.66. The molecule has 4 aromatic rings. The van der Waals surface area contributed by atoms with Crippen molar-refractivity contribution in [3.05, 3.63) is 47.7 Å². The fourth-order valence-corrected chi connectivity index (χ4v) is 4.60. The van der Waals surface area contributed by atoms with Crippen LogP contribution in [0.5, 0.6) is 0 Å². The van der Waals surface area contributed by atoms with Crippen molar-refractivity contribution < 1.29 is 18.7 Å². The number of halogens is 2. The van der Waals surface area contributed by atoms with Crippen LogP contribution in [0.2, 0.25) is 0 Å². The Kier molecular flexibility index (Phi) is 5.03. The normalized spacial score (nSPS) is 11.3. The van der Waals surface area contributed by atoms with Gasteiger partial charge in [-0.25, -0.2) is 13.8 Å². The maximum Gasteiger partial charge on any atom is 0.196 e. The van der Waals surface area contributed by atoms with E-state index in [1.54, 1.807) is 23.9 Å². The van der Waals surface area contributed by atoms with E-state index in [1.807, 2.05) is 6.07 Å². The largest absolute Gasteiger partial charge is 0.397 e. The molecule has 0 unspecified atom stereocenters. The Morgan fingerprint density at radius 3 is 2.69 bits per heavy atom. The average molecular weight is 433 g/mol. The highest BCUT2D eigenvalue weighted by Gasteiger charge is 2.22. The maximum atomic E-state index is 14.4. The molecule has 0 saturated carbocycles. The van der Waals surface area contributed by atoms with Gasteiger partial charge in [0.15, 0.2) is 16.8 Å². The summed E-state index contributed by atoms with van der Waals surface area (Å²) >= 11 is 2.08. The minimum absolute atomic E-state index is 0.240. The zero-order valence-corrected chi connectivity index (χ0v) is 16.5. The predicted octanol–water partition coefficient (Wildman–Crippen LogP) is 3.28. The first-order chi connectivity index (χ1) is 13.9. The van der Waals surface area contributed by atoms with E-state index in [0.29, 0.717) is 16.4 Å². The number of hydrogen-bond acceptors (Lipinski definition) is 8. The van der Waals surface area contributed by atoms with Crippen molar-refractivity contribution in [1.82, 2.24) is 19.7 Å². The molecule has 11 heteroatoms. The van der Waals surface area contributed by atoms with Gasteiger partial charge in [-0.15, -0.1) is 21.5 Å². The lowest BCUT2D eigenvalue weighted by molar-refractivity contribution is 0.0902. The summed E-state index contributed by atoms with van der Waals surface area (Å²) in [4.78, 5) is 16.8. The van der Waals surface area contributed by atoms with Gasteiger partial charge in [-0.05, 0) is 36.0 Å². The number of nitrogens with zero attached hydrogens (tertiary/aromatic N) is 4. The summed E-state index contributed by atoms with van der Waals surface area (Å²) in [5.74, 6) is -2.18. The van der Waals surface area contributed by atoms with Crippen LogP contribution >= 0.6 is 23.1 Å². The molecule has 0 saturated heterocycles. The van der Waals surface area contributed by atoms with Crippen molar-refractivity contribution >= 4 is 44.8 Å². The number of aliphatic hydroxyl groups excluding tert-OH is 1. The van der Waals surface area contributed by atoms with E-state index in [-0.39, 0.29) is 15.6 Å². The second kappa shape index (κ2) is 7.50. The second-order valence-electron chi connectivity index (χ2n) is 6.02. The Hall–Kier alpha value is -2.89. The molecular formula is C18H13F2N5O2S2. The highest BCUT2D eigenvalue weighted by atomic mass is 32.2. The van der Waals surface area contributed by atoms with Crippen LogP contribution in [-0.4, -0.2) is 37.2 Å². The molecule has 7 nitrogen and oxygen atoms in total. The number of benzene rings is 1. The molecule has 3 heterocycles. The van der Waals surface area contributed by atoms with Gasteiger partial charge in [-0.1, -0.05) is 0 Å². The van der Waals surface area contributed by atoms with Gasteiger partial charge in [-0.3, -0.25) is 4.79 Å². The number of nitrogens with two attached hydrogens (primary N) is 1. The van der Waals surface area contributed by atoms with Crippen LogP contribution in [0.15, 0.2) is 40.5 Å². The lowest BCUT2D eigenvalue weighted by atomic mass is 10.1. The predicted molar refractivity (Wildman–Crippen MR) is 106 cm³/mol. The van der Waals surface area contributed by atoms with Crippen LogP contribution < -0.4 is 5.73 Å². The third-order valence-corrected chi connectivity index (χ3v) is 6.46. The Labute approximate surface area is 171 Å². The molecule has 29 heavy (non-hydrogen) atoms. The van der Waals surface area contributed by atoms with E-state index >= 15 is 0 Å². The molecule has 0 fully saturated rings. The molecule has 4 rings (SSSR count). The Balaban J connectivity index is 1.71. The van der Waals surface area contributed by atoms with E-state index in [1.165, 1.54) is 11.3 Å². The summed E-state index contributed by atoms with van der Waals surface area (Å²) in [6, 6.07) is 5.40. The van der Waals surface area contributed by atoms with Gasteiger partial charge in [0.05, 0.1) is 15.5 Å². The van der Waals surface area contributed by atoms with Gasteiger partial charge in [0.1, 0.15) is 23.1 Å². The highest BCUT2D eigenvalue weighted by molar-refractivity contribution is 7.99. The molecule has 3 N–H and O–H groups in total. The Morgan fingerprint density at radius 2 is 2.03 bits per heavy atom. The smallest absolute Gasteiger partial charge is 0.196 e. The number of rotatable bonds is 5. The fraction of sp³-hybridized carbons (Fsp3) is 0.111. The van der Waals surface area contributed by atoms with Crippen LogP contribution in [0.1, 0.15) is 10.4 Å². The van der Waals surface area contributed by atoms with Gasteiger partial charge in [0, 0.05) is 24.2 Å². The van der Waals surface area contributed by atoms with Crippen LogP contribution in [0.4, 0.5) is 14.5 Å². The number of anilines is 1. The van der Waals surface area contributed by atoms with Crippen molar-refractivity contribution in [2.75, 3.05) is 12.3 Å². The van der Waals surface area contributed by atoms with Crippen LogP contribution in [0.25, 0.3) is 20.9 Å². The minimum atomic E-state index is -0.929. The van der Waals surface area contributed by atoms with Gasteiger partial charge in [0.25, 0.3) is 0 Å². The zero-order chi connectivity index (χ0) is 20.7. The first kappa shape index (κ1) is 19.4. The number of nitrogen functional groups attached to an aromatic ring is 1. The summed E-state index contributed by atoms with van der Waals surface area (Å²) in [5, 5.41) is 18.0. The number of carbonyl (C=O) groups excluding carboxylic acids is 1. The molecule has 0 spiro atoms. The number of thiophene rings is 1. The van der Waals surface area contributed by atoms with E-state index in [9.17, 15) is 13.6 Å². The average Bonchev–Trinajstić information content (AvgIpc) is 3.23. The number of aliphatic hydroxyl groups is 1. The van der Waals surface area contributed by atoms with E-state index < -0.39 is 24.0 Å². The molecule has 0 radical (unpaired) electrons. The molecule has 0 aliphatic heterocycles. The van der Waals surface area contributed by atoms with Gasteiger partial charge >= 0.3 is 0 Å². The van der Waals surface area contributed by atoms with E-state index in [2.05, 4.69) is 15.2 Å². The van der Waals surface area contributed by atoms with Crippen molar-refractivity contribution in [1.29, 1.82) is 0 Å². The fourth-order valence-electron chi connectivity index (χ4n) is 2.72. The summed E-state index contributed by atoms with van der Waals surface area (Å²) in [6.45, 7) is -0.830. The number of carbonyl (C=O) groups is 1. The molecule has 0 amide bonds. The Morgan fingerprint density at radius 1 is 1.31 bits per heavy atom. The molecule has 3 aromatic heterocycles. The van der Waals surface area contributed by atoms with Gasteiger partial charge in [-0.2, -0.15) is 0 Å². The molecular weight excluding hydrogens is 420 g/mol. The molecule has 0 atom stereocenters. The number of fused-ring (bicyclic) bond motifs is 1.